The van der Waals surface area contributed by atoms with Crippen molar-refractivity contribution in [2.24, 2.45) is 11.8 Å². The van der Waals surface area contributed by atoms with E-state index in [1.165, 1.54) is 36.5 Å². The van der Waals surface area contributed by atoms with Gasteiger partial charge >= 0.3 is 0 Å². The lowest BCUT2D eigenvalue weighted by Crippen LogP contribution is -2.29. The Morgan fingerprint density at radius 3 is 2.48 bits per heavy atom. The van der Waals surface area contributed by atoms with Gasteiger partial charge in [0, 0.05) is 38.4 Å². The summed E-state index contributed by atoms with van der Waals surface area (Å²) in [6, 6.07) is 15.7. The lowest BCUT2D eigenvalue weighted by Gasteiger charge is -2.28. The summed E-state index contributed by atoms with van der Waals surface area (Å²) in [5, 5.41) is 0. The molecule has 0 amide bonds. The largest absolute Gasteiger partial charge is 0.299 e. The van der Waals surface area contributed by atoms with E-state index >= 15 is 0 Å². The fourth-order valence-electron chi connectivity index (χ4n) is 4.59. The molecule has 0 N–H and O–H groups in total. The number of nitrogens with zero attached hydrogens (tertiary/aromatic N) is 3. The molecule has 5 heteroatoms. The predicted octanol–water partition coefficient (Wildman–Crippen LogP) is 3.97. The van der Waals surface area contributed by atoms with Crippen LogP contribution in [-0.4, -0.2) is 41.5 Å². The van der Waals surface area contributed by atoms with E-state index < -0.39 is 0 Å². The highest BCUT2D eigenvalue weighted by Gasteiger charge is 2.46. The minimum absolute atomic E-state index is 0. The minimum Gasteiger partial charge on any atom is -0.299 e. The molecule has 0 unspecified atom stereocenters. The number of hydrogen-bond acceptors (Lipinski definition) is 3. The van der Waals surface area contributed by atoms with Crippen molar-refractivity contribution in [1.82, 2.24) is 14.8 Å². The quantitative estimate of drug-likeness (QED) is 0.803. The van der Waals surface area contributed by atoms with Crippen LogP contribution in [0.15, 0.2) is 48.7 Å². The molecule has 25 heavy (non-hydrogen) atoms. The molecule has 0 saturated carbocycles. The third-order valence-corrected chi connectivity index (χ3v) is 5.59. The van der Waals surface area contributed by atoms with E-state index in [0.717, 1.165) is 18.4 Å². The maximum absolute atomic E-state index is 4.49. The molecule has 3 atom stereocenters. The number of aromatic nitrogens is 1. The van der Waals surface area contributed by atoms with Crippen LogP contribution in [0.25, 0.3) is 0 Å². The number of rotatable bonds is 3. The summed E-state index contributed by atoms with van der Waals surface area (Å²) in [6.07, 6.45) is 1.90. The van der Waals surface area contributed by atoms with Gasteiger partial charge in [0.05, 0.1) is 5.69 Å². The molecule has 0 aliphatic carbocycles. The van der Waals surface area contributed by atoms with Gasteiger partial charge in [-0.05, 0) is 49.1 Å². The van der Waals surface area contributed by atoms with Gasteiger partial charge in [-0.2, -0.15) is 0 Å². The van der Waals surface area contributed by atoms with E-state index in [1.807, 2.05) is 12.3 Å². The number of likely N-dealkylation sites (tertiary alicyclic amines) is 2. The van der Waals surface area contributed by atoms with Gasteiger partial charge in [0.15, 0.2) is 0 Å². The second kappa shape index (κ2) is 8.50. The van der Waals surface area contributed by atoms with Crippen molar-refractivity contribution in [2.75, 3.05) is 26.7 Å². The van der Waals surface area contributed by atoms with Crippen LogP contribution >= 0.6 is 24.8 Å². The van der Waals surface area contributed by atoms with Gasteiger partial charge in [-0.1, -0.05) is 30.3 Å². The average molecular weight is 380 g/mol. The van der Waals surface area contributed by atoms with Crippen LogP contribution in [0.2, 0.25) is 0 Å². The van der Waals surface area contributed by atoms with Crippen molar-refractivity contribution in [3.05, 3.63) is 65.5 Å². The predicted molar refractivity (Wildman–Crippen MR) is 108 cm³/mol. The van der Waals surface area contributed by atoms with E-state index in [1.54, 1.807) is 0 Å². The highest BCUT2D eigenvalue weighted by molar-refractivity contribution is 5.85. The van der Waals surface area contributed by atoms with Gasteiger partial charge < -0.3 is 0 Å². The Balaban J connectivity index is 0.00000113. The molecule has 0 bridgehead atoms. The van der Waals surface area contributed by atoms with Gasteiger partial charge in [0.2, 0.25) is 0 Å². The number of benzene rings is 1. The topological polar surface area (TPSA) is 19.4 Å². The van der Waals surface area contributed by atoms with Crippen LogP contribution in [0, 0.1) is 18.8 Å². The Morgan fingerprint density at radius 1 is 1.00 bits per heavy atom. The Morgan fingerprint density at radius 2 is 1.76 bits per heavy atom. The third-order valence-electron chi connectivity index (χ3n) is 5.59. The fourth-order valence-corrected chi connectivity index (χ4v) is 4.59. The van der Waals surface area contributed by atoms with Crippen LogP contribution < -0.4 is 0 Å². The summed E-state index contributed by atoms with van der Waals surface area (Å²) in [4.78, 5) is 9.65. The number of aryl methyl sites for hydroxylation is 1. The molecule has 0 spiro atoms. The molecule has 2 aliphatic rings. The standard InChI is InChI=1S/C20H25N3.2ClH/c1-15-7-3-4-9-18(15)20-19-14-23(12-16(19)11-22(20)2)13-17-8-5-6-10-21-17;;/h3-10,16,19-20H,11-14H2,1-2H3;2*1H/t16-,19+,20+;;/m0../s1. The number of hydrogen-bond donors (Lipinski definition) is 0. The van der Waals surface area contributed by atoms with E-state index in [4.69, 9.17) is 0 Å². The first kappa shape index (κ1) is 20.2. The summed E-state index contributed by atoms with van der Waals surface area (Å²) in [7, 11) is 2.29. The van der Waals surface area contributed by atoms with Gasteiger partial charge in [0.25, 0.3) is 0 Å². The molecule has 4 rings (SSSR count). The molecule has 2 aromatic rings. The van der Waals surface area contributed by atoms with Crippen molar-refractivity contribution >= 4 is 24.8 Å². The number of pyridine rings is 1. The number of fused-ring (bicyclic) bond motifs is 1. The highest BCUT2D eigenvalue weighted by atomic mass is 35.5. The molecular weight excluding hydrogens is 353 g/mol. The summed E-state index contributed by atoms with van der Waals surface area (Å²) in [5.74, 6) is 1.53. The molecule has 3 nitrogen and oxygen atoms in total. The van der Waals surface area contributed by atoms with Crippen LogP contribution in [0.3, 0.4) is 0 Å². The van der Waals surface area contributed by atoms with Gasteiger partial charge in [-0.15, -0.1) is 24.8 Å². The van der Waals surface area contributed by atoms with E-state index in [0.29, 0.717) is 6.04 Å². The molecule has 0 radical (unpaired) electrons. The Labute approximate surface area is 163 Å². The van der Waals surface area contributed by atoms with E-state index in [9.17, 15) is 0 Å². The lowest BCUT2D eigenvalue weighted by atomic mass is 9.88. The lowest BCUT2D eigenvalue weighted by molar-refractivity contribution is 0.223. The molecule has 2 fully saturated rings. The maximum atomic E-state index is 4.49. The highest BCUT2D eigenvalue weighted by Crippen LogP contribution is 2.44. The minimum atomic E-state index is 0. The van der Waals surface area contributed by atoms with Gasteiger partial charge in [-0.3, -0.25) is 14.8 Å². The molecule has 3 heterocycles. The fraction of sp³-hybridized carbons (Fsp3) is 0.450. The SMILES string of the molecule is Cc1ccccc1[C@@H]1[C@@H]2CN(Cc3ccccn3)C[C@@H]2CN1C.Cl.Cl. The first-order chi connectivity index (χ1) is 11.2. The van der Waals surface area contributed by atoms with Crippen molar-refractivity contribution in [3.63, 3.8) is 0 Å². The molecule has 2 aliphatic heterocycles. The van der Waals surface area contributed by atoms with Crippen molar-refractivity contribution < 1.29 is 0 Å². The zero-order chi connectivity index (χ0) is 15.8. The van der Waals surface area contributed by atoms with Gasteiger partial charge in [0.1, 0.15) is 0 Å². The van der Waals surface area contributed by atoms with Gasteiger partial charge in [-0.25, -0.2) is 0 Å². The van der Waals surface area contributed by atoms with Crippen molar-refractivity contribution in [1.29, 1.82) is 0 Å². The van der Waals surface area contributed by atoms with Crippen LogP contribution in [0.4, 0.5) is 0 Å². The maximum Gasteiger partial charge on any atom is 0.0543 e. The summed E-state index contributed by atoms with van der Waals surface area (Å²) in [6.45, 7) is 6.83. The monoisotopic (exact) mass is 379 g/mol. The number of halogens is 2. The van der Waals surface area contributed by atoms with Crippen LogP contribution in [-0.2, 0) is 6.54 Å². The van der Waals surface area contributed by atoms with E-state index in [-0.39, 0.29) is 24.8 Å². The molecule has 136 valence electrons. The Bertz CT molecular complexity index is 680. The zero-order valence-electron chi connectivity index (χ0n) is 14.8. The van der Waals surface area contributed by atoms with Crippen LogP contribution in [0.5, 0.6) is 0 Å². The van der Waals surface area contributed by atoms with Crippen molar-refractivity contribution in [3.8, 4) is 0 Å². The van der Waals surface area contributed by atoms with Crippen LogP contribution in [0.1, 0.15) is 22.9 Å². The Hall–Kier alpha value is -1.13. The first-order valence-corrected chi connectivity index (χ1v) is 8.60. The zero-order valence-corrected chi connectivity index (χ0v) is 16.5. The van der Waals surface area contributed by atoms with Crippen molar-refractivity contribution in [2.45, 2.75) is 19.5 Å². The third kappa shape index (κ3) is 4.01. The Kier molecular flexibility index (Phi) is 6.86. The molecule has 1 aromatic heterocycles. The second-order valence-electron chi connectivity index (χ2n) is 7.18. The molecule has 1 aromatic carbocycles. The first-order valence-electron chi connectivity index (χ1n) is 8.60. The summed E-state index contributed by atoms with van der Waals surface area (Å²) >= 11 is 0. The summed E-state index contributed by atoms with van der Waals surface area (Å²) < 4.78 is 0. The average Bonchev–Trinajstić information content (AvgIpc) is 3.05. The smallest absolute Gasteiger partial charge is 0.0543 e. The normalized spacial score (nSPS) is 25.9. The molecular formula is C20H27Cl2N3. The molecule has 2 saturated heterocycles. The summed E-state index contributed by atoms with van der Waals surface area (Å²) in [5.41, 5.74) is 4.13. The second-order valence-corrected chi connectivity index (χ2v) is 7.18. The van der Waals surface area contributed by atoms with E-state index in [2.05, 4.69) is 65.2 Å².